The van der Waals surface area contributed by atoms with E-state index in [-0.39, 0.29) is 29.0 Å². The largest absolute Gasteiger partial charge is 0.352 e. The molecule has 2 aromatic carbocycles. The van der Waals surface area contributed by atoms with Gasteiger partial charge in [0.2, 0.25) is 11.9 Å². The van der Waals surface area contributed by atoms with E-state index >= 15 is 0 Å². The highest BCUT2D eigenvalue weighted by molar-refractivity contribution is 7.17. The van der Waals surface area contributed by atoms with E-state index in [0.29, 0.717) is 59.8 Å². The summed E-state index contributed by atoms with van der Waals surface area (Å²) in [6.07, 6.45) is 1.22. The van der Waals surface area contributed by atoms with E-state index in [1.54, 1.807) is 35.7 Å². The minimum absolute atomic E-state index is 0.0412. The molecule has 4 aromatic rings. The minimum atomic E-state index is -0.363. The Morgan fingerprint density at radius 1 is 1.09 bits per heavy atom. The first-order chi connectivity index (χ1) is 16.5. The van der Waals surface area contributed by atoms with Crippen LogP contribution in [0.2, 0.25) is 0 Å². The van der Waals surface area contributed by atoms with Crippen LogP contribution >= 0.6 is 11.3 Å². The predicted molar refractivity (Wildman–Crippen MR) is 129 cm³/mol. The fourth-order valence-corrected chi connectivity index (χ4v) is 5.13. The van der Waals surface area contributed by atoms with E-state index in [1.165, 1.54) is 29.5 Å². The number of aromatic nitrogens is 2. The monoisotopic (exact) mass is 480 g/mol. The smallest absolute Gasteiger partial charge is 0.270 e. The van der Waals surface area contributed by atoms with Gasteiger partial charge in [0.25, 0.3) is 5.56 Å². The van der Waals surface area contributed by atoms with Crippen LogP contribution in [0.15, 0.2) is 58.7 Å². The molecule has 3 heterocycles. The number of carbonyl (C=O) groups excluding carboxylic acids is 1. The number of H-pyrrole nitrogens is 1. The van der Waals surface area contributed by atoms with Crippen LogP contribution in [0.1, 0.15) is 18.4 Å². The number of benzene rings is 2. The van der Waals surface area contributed by atoms with Crippen molar-refractivity contribution >= 4 is 33.4 Å². The van der Waals surface area contributed by atoms with Crippen LogP contribution in [-0.4, -0.2) is 29.0 Å². The van der Waals surface area contributed by atoms with Gasteiger partial charge in [-0.05, 0) is 36.6 Å². The zero-order chi connectivity index (χ0) is 23.7. The highest BCUT2D eigenvalue weighted by Gasteiger charge is 2.26. The maximum atomic E-state index is 14.4. The molecular weight excluding hydrogens is 458 g/mol. The lowest BCUT2D eigenvalue weighted by Crippen LogP contribution is -2.41. The lowest BCUT2D eigenvalue weighted by atomic mass is 9.96. The maximum absolute atomic E-state index is 14.4. The van der Waals surface area contributed by atoms with Crippen LogP contribution in [0, 0.1) is 17.6 Å². The fraction of sp³-hybridized carbons (Fsp3) is 0.240. The van der Waals surface area contributed by atoms with Crippen molar-refractivity contribution in [1.29, 1.82) is 0 Å². The number of anilines is 1. The molecule has 6 nitrogen and oxygen atoms in total. The number of piperidine rings is 1. The number of amides is 1. The Bertz CT molecular complexity index is 1390. The number of rotatable bonds is 5. The second-order valence-corrected chi connectivity index (χ2v) is 9.18. The number of thiophene rings is 1. The molecule has 1 aliphatic rings. The topological polar surface area (TPSA) is 78.1 Å². The van der Waals surface area contributed by atoms with E-state index < -0.39 is 0 Å². The molecule has 1 fully saturated rings. The van der Waals surface area contributed by atoms with E-state index in [2.05, 4.69) is 15.3 Å². The Kier molecular flexibility index (Phi) is 6.10. The standard InChI is InChI=1S/C25H22F2N4O2S/c26-17-7-5-15(6-8-17)13-28-23(32)16-9-11-31(12-10-16)25-29-21-19(14-34-22(21)24(33)30-25)18-3-1-2-4-20(18)27/h1-8,14,16H,9-13H2,(H,28,32)(H,29,30,33). The van der Waals surface area contributed by atoms with Crippen LogP contribution in [0.3, 0.4) is 0 Å². The Labute approximate surface area is 198 Å². The summed E-state index contributed by atoms with van der Waals surface area (Å²) in [6, 6.07) is 12.5. The van der Waals surface area contributed by atoms with Crippen LogP contribution in [0.25, 0.3) is 21.3 Å². The van der Waals surface area contributed by atoms with Crippen LogP contribution in [0.5, 0.6) is 0 Å². The van der Waals surface area contributed by atoms with Gasteiger partial charge in [-0.15, -0.1) is 11.3 Å². The molecule has 0 aliphatic carbocycles. The highest BCUT2D eigenvalue weighted by Crippen LogP contribution is 2.33. The molecule has 1 saturated heterocycles. The Morgan fingerprint density at radius 3 is 2.56 bits per heavy atom. The fourth-order valence-electron chi connectivity index (χ4n) is 4.23. The van der Waals surface area contributed by atoms with Gasteiger partial charge in [0.1, 0.15) is 16.3 Å². The van der Waals surface area contributed by atoms with Gasteiger partial charge in [0, 0.05) is 42.1 Å². The summed E-state index contributed by atoms with van der Waals surface area (Å²) in [5.74, 6) is -0.435. The van der Waals surface area contributed by atoms with Gasteiger partial charge in [-0.25, -0.2) is 13.8 Å². The average Bonchev–Trinajstić information content (AvgIpc) is 3.28. The first-order valence-electron chi connectivity index (χ1n) is 11.0. The Morgan fingerprint density at radius 2 is 1.82 bits per heavy atom. The second kappa shape index (κ2) is 9.34. The second-order valence-electron chi connectivity index (χ2n) is 8.30. The summed E-state index contributed by atoms with van der Waals surface area (Å²) in [5.41, 5.74) is 2.07. The van der Waals surface area contributed by atoms with Crippen molar-refractivity contribution in [1.82, 2.24) is 15.3 Å². The molecule has 2 N–H and O–H groups in total. The molecule has 5 rings (SSSR count). The molecule has 9 heteroatoms. The van der Waals surface area contributed by atoms with Crippen molar-refractivity contribution in [2.45, 2.75) is 19.4 Å². The Hall–Kier alpha value is -3.59. The third kappa shape index (κ3) is 4.43. The first-order valence-corrected chi connectivity index (χ1v) is 11.9. The summed E-state index contributed by atoms with van der Waals surface area (Å²) in [7, 11) is 0. The number of fused-ring (bicyclic) bond motifs is 1. The number of nitrogens with one attached hydrogen (secondary N) is 2. The summed E-state index contributed by atoms with van der Waals surface area (Å²) in [4.78, 5) is 34.8. The SMILES string of the molecule is O=C(NCc1ccc(F)cc1)C1CCN(c2nc3c(-c4ccccc4F)csc3c(=O)[nH]2)CC1. The van der Waals surface area contributed by atoms with E-state index in [4.69, 9.17) is 0 Å². The molecule has 0 saturated carbocycles. The zero-order valence-electron chi connectivity index (χ0n) is 18.2. The number of halogens is 2. The van der Waals surface area contributed by atoms with Gasteiger partial charge in [0.05, 0.1) is 5.52 Å². The molecule has 174 valence electrons. The molecule has 0 unspecified atom stereocenters. The van der Waals surface area contributed by atoms with Crippen LogP contribution < -0.4 is 15.8 Å². The van der Waals surface area contributed by atoms with Crippen molar-refractivity contribution in [3.63, 3.8) is 0 Å². The molecule has 2 aromatic heterocycles. The summed E-state index contributed by atoms with van der Waals surface area (Å²) in [6.45, 7) is 1.46. The van der Waals surface area contributed by atoms with Crippen molar-refractivity contribution in [2.75, 3.05) is 18.0 Å². The number of hydrogen-bond acceptors (Lipinski definition) is 5. The van der Waals surface area contributed by atoms with Crippen molar-refractivity contribution < 1.29 is 13.6 Å². The van der Waals surface area contributed by atoms with Gasteiger partial charge in [-0.1, -0.05) is 30.3 Å². The molecule has 0 spiro atoms. The van der Waals surface area contributed by atoms with Gasteiger partial charge < -0.3 is 10.2 Å². The molecule has 1 amide bonds. The molecule has 34 heavy (non-hydrogen) atoms. The van der Waals surface area contributed by atoms with Gasteiger partial charge in [-0.3, -0.25) is 14.6 Å². The van der Waals surface area contributed by atoms with Gasteiger partial charge in [-0.2, -0.15) is 0 Å². The predicted octanol–water partition coefficient (Wildman–Crippen LogP) is 4.46. The molecule has 0 atom stereocenters. The lowest BCUT2D eigenvalue weighted by molar-refractivity contribution is -0.125. The molecule has 0 bridgehead atoms. The lowest BCUT2D eigenvalue weighted by Gasteiger charge is -2.31. The summed E-state index contributed by atoms with van der Waals surface area (Å²) in [5, 5.41) is 4.67. The molecule has 0 radical (unpaired) electrons. The zero-order valence-corrected chi connectivity index (χ0v) is 19.0. The molecule has 1 aliphatic heterocycles. The van der Waals surface area contributed by atoms with Crippen LogP contribution in [-0.2, 0) is 11.3 Å². The molecular formula is C25H22F2N4O2S. The quantitative estimate of drug-likeness (QED) is 0.442. The van der Waals surface area contributed by atoms with Crippen LogP contribution in [0.4, 0.5) is 14.7 Å². The number of hydrogen-bond donors (Lipinski definition) is 2. The summed E-state index contributed by atoms with van der Waals surface area (Å²) < 4.78 is 27.9. The van der Waals surface area contributed by atoms with Crippen molar-refractivity contribution in [3.8, 4) is 11.1 Å². The first kappa shape index (κ1) is 22.2. The minimum Gasteiger partial charge on any atom is -0.352 e. The highest BCUT2D eigenvalue weighted by atomic mass is 32.1. The van der Waals surface area contributed by atoms with E-state index in [0.717, 1.165) is 5.56 Å². The third-order valence-electron chi connectivity index (χ3n) is 6.12. The van der Waals surface area contributed by atoms with Crippen molar-refractivity contribution in [2.24, 2.45) is 5.92 Å². The third-order valence-corrected chi connectivity index (χ3v) is 7.09. The van der Waals surface area contributed by atoms with Crippen molar-refractivity contribution in [3.05, 3.63) is 81.5 Å². The van der Waals surface area contributed by atoms with Gasteiger partial charge >= 0.3 is 0 Å². The van der Waals surface area contributed by atoms with E-state index in [9.17, 15) is 18.4 Å². The van der Waals surface area contributed by atoms with E-state index in [1.807, 2.05) is 4.90 Å². The number of aromatic amines is 1. The Balaban J connectivity index is 1.28. The maximum Gasteiger partial charge on any atom is 0.270 e. The normalized spacial score (nSPS) is 14.5. The average molecular weight is 481 g/mol. The summed E-state index contributed by atoms with van der Waals surface area (Å²) >= 11 is 1.24. The van der Waals surface area contributed by atoms with Gasteiger partial charge in [0.15, 0.2) is 0 Å². The number of carbonyl (C=O) groups is 1. The number of nitrogens with zero attached hydrogens (tertiary/aromatic N) is 2.